The lowest BCUT2D eigenvalue weighted by Crippen LogP contribution is -2.61. The van der Waals surface area contributed by atoms with E-state index >= 15 is 0 Å². The van der Waals surface area contributed by atoms with E-state index in [9.17, 15) is 34.5 Å². The zero-order chi connectivity index (χ0) is 57.5. The van der Waals surface area contributed by atoms with Crippen LogP contribution in [0.15, 0.2) is 85.1 Å². The molecule has 0 radical (unpaired) electrons. The molecule has 12 heteroatoms. The maximum absolute atomic E-state index is 13.2. The number of ether oxygens (including phenoxy) is 5. The number of allylic oxidation sites excluding steroid dienone is 14. The molecule has 0 bridgehead atoms. The van der Waals surface area contributed by atoms with Crippen molar-refractivity contribution in [3.63, 3.8) is 0 Å². The van der Waals surface area contributed by atoms with E-state index < -0.39 is 67.3 Å². The summed E-state index contributed by atoms with van der Waals surface area (Å²) >= 11 is 0. The number of carboxylic acid groups (broad SMARTS) is 1. The molecule has 1 fully saturated rings. The Bertz CT molecular complexity index is 1700. The Morgan fingerprint density at radius 3 is 1.22 bits per heavy atom. The summed E-state index contributed by atoms with van der Waals surface area (Å²) in [4.78, 5) is 51.3. The van der Waals surface area contributed by atoms with Crippen LogP contribution in [0.1, 0.15) is 265 Å². The lowest BCUT2D eigenvalue weighted by molar-refractivity contribution is -0.301. The van der Waals surface area contributed by atoms with Crippen molar-refractivity contribution >= 4 is 23.9 Å². The van der Waals surface area contributed by atoms with Gasteiger partial charge in [-0.05, 0) is 116 Å². The van der Waals surface area contributed by atoms with Crippen LogP contribution in [0.3, 0.4) is 0 Å². The first-order valence-electron chi connectivity index (χ1n) is 31.6. The molecule has 0 saturated carbocycles. The largest absolute Gasteiger partial charge is 0.479 e. The van der Waals surface area contributed by atoms with E-state index in [-0.39, 0.29) is 25.9 Å². The van der Waals surface area contributed by atoms with Gasteiger partial charge in [-0.15, -0.1) is 0 Å². The summed E-state index contributed by atoms with van der Waals surface area (Å²) in [6.45, 7) is 5.83. The zero-order valence-corrected chi connectivity index (χ0v) is 49.8. The molecule has 6 unspecified atom stereocenters. The van der Waals surface area contributed by atoms with Crippen molar-refractivity contribution in [2.75, 3.05) is 13.2 Å². The summed E-state index contributed by atoms with van der Waals surface area (Å²) in [5.74, 6) is -3.16. The average Bonchev–Trinajstić information content (AvgIpc) is 3.46. The fourth-order valence-electron chi connectivity index (χ4n) is 9.09. The third-order valence-corrected chi connectivity index (χ3v) is 13.9. The smallest absolute Gasteiger partial charge is 0.335 e. The molecule has 1 saturated heterocycles. The molecule has 1 rings (SSSR count). The Hall–Kier alpha value is -4.10. The first-order valence-corrected chi connectivity index (χ1v) is 31.6. The lowest BCUT2D eigenvalue weighted by Gasteiger charge is -2.40. The Morgan fingerprint density at radius 2 is 0.797 bits per heavy atom. The Kier molecular flexibility index (Phi) is 50.3. The van der Waals surface area contributed by atoms with Crippen molar-refractivity contribution in [3.8, 4) is 0 Å². The number of hydrogen-bond acceptors (Lipinski definition) is 11. The molecule has 0 spiro atoms. The molecule has 452 valence electrons. The lowest BCUT2D eigenvalue weighted by atomic mass is 9.98. The molecule has 0 aromatic carbocycles. The molecule has 6 atom stereocenters. The maximum Gasteiger partial charge on any atom is 0.335 e. The first-order chi connectivity index (χ1) is 38.6. The fourth-order valence-corrected chi connectivity index (χ4v) is 9.09. The summed E-state index contributed by atoms with van der Waals surface area (Å²) in [5.41, 5.74) is 0. The minimum Gasteiger partial charge on any atom is -0.479 e. The monoisotopic (exact) mass is 1110 g/mol. The number of carbonyl (C=O) groups excluding carboxylic acids is 3. The van der Waals surface area contributed by atoms with Crippen LogP contribution < -0.4 is 0 Å². The van der Waals surface area contributed by atoms with Gasteiger partial charge in [0.1, 0.15) is 18.8 Å². The first kappa shape index (κ1) is 72.9. The van der Waals surface area contributed by atoms with Gasteiger partial charge in [-0.3, -0.25) is 14.4 Å². The van der Waals surface area contributed by atoms with Gasteiger partial charge >= 0.3 is 23.9 Å². The molecule has 0 aromatic rings. The number of carboxylic acids is 1. The summed E-state index contributed by atoms with van der Waals surface area (Å²) in [6, 6.07) is 0. The third kappa shape index (κ3) is 44.3. The van der Waals surface area contributed by atoms with Gasteiger partial charge in [-0.25, -0.2) is 4.79 Å². The van der Waals surface area contributed by atoms with E-state index in [1.54, 1.807) is 0 Å². The van der Waals surface area contributed by atoms with Gasteiger partial charge in [-0.1, -0.05) is 215 Å². The Labute approximate surface area is 480 Å². The maximum atomic E-state index is 13.2. The van der Waals surface area contributed by atoms with Gasteiger partial charge in [0.2, 0.25) is 0 Å². The number of hydrogen-bond donors (Lipinski definition) is 3. The standard InChI is InChI=1S/C67H112O12/c1-4-7-10-13-16-19-22-25-28-30-33-35-38-41-44-47-50-53-59(68)75-56-58(77-60(69)54-51-48-45-42-39-37-34-31-29-26-23-20-17-14-11-8-5-2)57-76-67-65(63(72)62(71)64(79-67)66(73)74)78-61(70)55-52-49-46-43-40-36-32-27-24-21-18-15-12-9-6-3/h7,10,16-21,25-29,32,58,62-65,67,71-72H,4-6,8-9,11-15,22-24,30-31,33-57H2,1-3H3,(H,73,74)/b10-7-,19-16-,20-17-,21-18-,28-25-,29-26-,32-27-. The molecular weight excluding hydrogens is 997 g/mol. The number of carbonyl (C=O) groups is 4. The molecule has 3 N–H and O–H groups in total. The van der Waals surface area contributed by atoms with Gasteiger partial charge in [0.15, 0.2) is 24.6 Å². The molecule has 0 amide bonds. The van der Waals surface area contributed by atoms with Crippen molar-refractivity contribution in [2.45, 2.75) is 302 Å². The molecule has 79 heavy (non-hydrogen) atoms. The molecule has 12 nitrogen and oxygen atoms in total. The van der Waals surface area contributed by atoms with Gasteiger partial charge < -0.3 is 39.0 Å². The minimum absolute atomic E-state index is 0.0402. The number of esters is 3. The van der Waals surface area contributed by atoms with Crippen LogP contribution in [0.2, 0.25) is 0 Å². The summed E-state index contributed by atoms with van der Waals surface area (Å²) in [5, 5.41) is 31.5. The third-order valence-electron chi connectivity index (χ3n) is 13.9. The highest BCUT2D eigenvalue weighted by Gasteiger charge is 2.50. The van der Waals surface area contributed by atoms with Gasteiger partial charge in [-0.2, -0.15) is 0 Å². The van der Waals surface area contributed by atoms with Crippen LogP contribution in [0.25, 0.3) is 0 Å². The second-order valence-electron chi connectivity index (χ2n) is 21.3. The highest BCUT2D eigenvalue weighted by atomic mass is 16.7. The number of rotatable bonds is 53. The number of unbranched alkanes of at least 4 members (excludes halogenated alkanes) is 25. The van der Waals surface area contributed by atoms with E-state index in [1.165, 1.54) is 57.8 Å². The minimum atomic E-state index is -1.91. The number of aliphatic hydroxyl groups is 2. The average molecular weight is 1110 g/mol. The van der Waals surface area contributed by atoms with Crippen molar-refractivity contribution in [2.24, 2.45) is 0 Å². The molecule has 1 aliphatic heterocycles. The van der Waals surface area contributed by atoms with Crippen LogP contribution in [-0.2, 0) is 42.9 Å². The fraction of sp³-hybridized carbons (Fsp3) is 0.731. The predicted octanol–water partition coefficient (Wildman–Crippen LogP) is 16.7. The molecular formula is C67H112O12. The summed E-state index contributed by atoms with van der Waals surface area (Å²) in [6.07, 6.45) is 58.2. The van der Waals surface area contributed by atoms with Crippen LogP contribution in [0.4, 0.5) is 0 Å². The van der Waals surface area contributed by atoms with Crippen LogP contribution in [0.5, 0.6) is 0 Å². The van der Waals surface area contributed by atoms with E-state index in [4.69, 9.17) is 23.7 Å². The topological polar surface area (TPSA) is 175 Å². The second kappa shape index (κ2) is 54.5. The van der Waals surface area contributed by atoms with Crippen LogP contribution in [-0.4, -0.2) is 89.2 Å². The Balaban J connectivity index is 2.69. The highest BCUT2D eigenvalue weighted by Crippen LogP contribution is 2.26. The van der Waals surface area contributed by atoms with Gasteiger partial charge in [0.25, 0.3) is 0 Å². The summed E-state index contributed by atoms with van der Waals surface area (Å²) in [7, 11) is 0. The van der Waals surface area contributed by atoms with E-state index in [1.807, 2.05) is 0 Å². The zero-order valence-electron chi connectivity index (χ0n) is 49.8. The van der Waals surface area contributed by atoms with Crippen molar-refractivity contribution in [1.82, 2.24) is 0 Å². The molecule has 0 aromatic heterocycles. The summed E-state index contributed by atoms with van der Waals surface area (Å²) < 4.78 is 28.5. The van der Waals surface area contributed by atoms with E-state index in [2.05, 4.69) is 106 Å². The predicted molar refractivity (Wildman–Crippen MR) is 321 cm³/mol. The Morgan fingerprint density at radius 1 is 0.430 bits per heavy atom. The van der Waals surface area contributed by atoms with Crippen molar-refractivity contribution < 1.29 is 58.2 Å². The van der Waals surface area contributed by atoms with Crippen LogP contribution in [0, 0.1) is 0 Å². The van der Waals surface area contributed by atoms with Crippen molar-refractivity contribution in [1.29, 1.82) is 0 Å². The van der Waals surface area contributed by atoms with Gasteiger partial charge in [0.05, 0.1) is 6.61 Å². The normalized spacial score (nSPS) is 18.4. The second-order valence-corrected chi connectivity index (χ2v) is 21.3. The van der Waals surface area contributed by atoms with Gasteiger partial charge in [0, 0.05) is 19.3 Å². The number of aliphatic carboxylic acids is 1. The highest BCUT2D eigenvalue weighted by molar-refractivity contribution is 5.74. The number of aliphatic hydroxyl groups excluding tert-OH is 2. The van der Waals surface area contributed by atoms with E-state index in [0.717, 1.165) is 148 Å². The van der Waals surface area contributed by atoms with Crippen molar-refractivity contribution in [3.05, 3.63) is 85.1 Å². The SMILES string of the molecule is CC/C=C\C/C=C\C/C=C\CCCCCCCCCC(=O)OCC(COC1OC(C(=O)O)C(O)C(O)C1OC(=O)CCCCCCC/C=C\C/C=C\CCCCC)OC(=O)CCCCCCCCC/C=C\C/C=C\CCCCC. The van der Waals surface area contributed by atoms with E-state index in [0.29, 0.717) is 19.3 Å². The molecule has 0 aliphatic carbocycles. The molecule has 1 aliphatic rings. The quantitative estimate of drug-likeness (QED) is 0.0228. The van der Waals surface area contributed by atoms with Crippen LogP contribution >= 0.6 is 0 Å². The molecule has 1 heterocycles.